The maximum absolute atomic E-state index is 12.9. The number of rotatable bonds is 7. The predicted octanol–water partition coefficient (Wildman–Crippen LogP) is 5.51. The summed E-state index contributed by atoms with van der Waals surface area (Å²) in [5.74, 6) is -0.594. The maximum atomic E-state index is 12.9. The van der Waals surface area contributed by atoms with Gasteiger partial charge in [0.1, 0.15) is 28.6 Å². The Kier molecular flexibility index (Phi) is 8.10. The number of pyridine rings is 2. The molecule has 0 spiro atoms. The van der Waals surface area contributed by atoms with E-state index in [0.717, 1.165) is 16.5 Å². The van der Waals surface area contributed by atoms with Gasteiger partial charge >= 0.3 is 12.1 Å². The van der Waals surface area contributed by atoms with E-state index in [1.165, 1.54) is 0 Å². The molecule has 1 amide bonds. The lowest BCUT2D eigenvalue weighted by molar-refractivity contribution is -0.147. The van der Waals surface area contributed by atoms with E-state index in [4.69, 9.17) is 32.7 Å². The van der Waals surface area contributed by atoms with Crippen LogP contribution in [-0.4, -0.2) is 33.7 Å². The minimum absolute atomic E-state index is 0.0640. The summed E-state index contributed by atoms with van der Waals surface area (Å²) in [4.78, 5) is 33.5. The molecule has 2 aromatic heterocycles. The number of hydrogen-bond acceptors (Lipinski definition) is 6. The molecule has 2 heterocycles. The van der Waals surface area contributed by atoms with Gasteiger partial charge in [-0.25, -0.2) is 14.6 Å². The van der Waals surface area contributed by atoms with Crippen molar-refractivity contribution < 1.29 is 19.1 Å². The number of esters is 1. The number of benzene rings is 1. The van der Waals surface area contributed by atoms with E-state index >= 15 is 0 Å². The van der Waals surface area contributed by atoms with Crippen molar-refractivity contribution in [3.8, 4) is 0 Å². The van der Waals surface area contributed by atoms with Crippen molar-refractivity contribution in [3.05, 3.63) is 70.1 Å². The number of carbonyl (C=O) groups is 2. The number of nitrogens with one attached hydrogen (secondary N) is 1. The van der Waals surface area contributed by atoms with Gasteiger partial charge in [0.05, 0.1) is 5.52 Å². The van der Waals surface area contributed by atoms with E-state index < -0.39 is 23.7 Å². The third-order valence-corrected chi connectivity index (χ3v) is 5.00. The maximum Gasteiger partial charge on any atom is 0.408 e. The first-order valence-corrected chi connectivity index (χ1v) is 11.2. The molecule has 9 heteroatoms. The average molecular weight is 490 g/mol. The van der Waals surface area contributed by atoms with Crippen LogP contribution >= 0.6 is 23.2 Å². The van der Waals surface area contributed by atoms with Crippen LogP contribution in [-0.2, 0) is 27.3 Å². The van der Waals surface area contributed by atoms with Gasteiger partial charge in [-0.2, -0.15) is 0 Å². The monoisotopic (exact) mass is 489 g/mol. The quantitative estimate of drug-likeness (QED) is 0.347. The van der Waals surface area contributed by atoms with Gasteiger partial charge in [-0.1, -0.05) is 41.4 Å². The van der Waals surface area contributed by atoms with Crippen molar-refractivity contribution in [1.82, 2.24) is 15.3 Å². The van der Waals surface area contributed by atoms with E-state index in [2.05, 4.69) is 15.3 Å². The number of carbonyl (C=O) groups excluding carboxylic acids is 2. The number of halogens is 2. The van der Waals surface area contributed by atoms with Crippen molar-refractivity contribution in [2.45, 2.75) is 51.9 Å². The number of aromatic nitrogens is 2. The summed E-state index contributed by atoms with van der Waals surface area (Å²) in [6, 6.07) is 11.8. The molecule has 0 aliphatic carbocycles. The molecule has 3 rings (SSSR count). The van der Waals surface area contributed by atoms with E-state index in [-0.39, 0.29) is 16.9 Å². The Bertz CT molecular complexity index is 1120. The van der Waals surface area contributed by atoms with Crippen LogP contribution in [0.2, 0.25) is 10.3 Å². The Balaban J connectivity index is 1.73. The normalized spacial score (nSPS) is 12.3. The van der Waals surface area contributed by atoms with Gasteiger partial charge in [0, 0.05) is 11.6 Å². The third-order valence-electron chi connectivity index (χ3n) is 4.62. The first-order chi connectivity index (χ1) is 15.6. The summed E-state index contributed by atoms with van der Waals surface area (Å²) in [6.07, 6.45) is 1.86. The Labute approximate surface area is 202 Å². The standard InChI is InChI=1S/C24H25Cl2N3O4/c1-24(2,3)33-23(31)28-19(22(30)32-14-15-12-20(25)29-21(26)13-15)10-9-16-6-4-8-18-17(16)7-5-11-27-18/h4-8,11-13,19H,9-10,14H2,1-3H3,(H,28,31)/t19-/m0/s1. The summed E-state index contributed by atoms with van der Waals surface area (Å²) in [5, 5.41) is 4.02. The van der Waals surface area contributed by atoms with Crippen LogP contribution in [0.15, 0.2) is 48.7 Å². The van der Waals surface area contributed by atoms with Crippen LogP contribution in [0.1, 0.15) is 38.3 Å². The Hall–Kier alpha value is -2.90. The molecule has 0 radical (unpaired) electrons. The summed E-state index contributed by atoms with van der Waals surface area (Å²) in [6.45, 7) is 5.19. The number of hydrogen-bond donors (Lipinski definition) is 1. The molecule has 0 fully saturated rings. The smallest absolute Gasteiger partial charge is 0.408 e. The van der Waals surface area contributed by atoms with E-state index in [1.807, 2.05) is 30.3 Å². The number of aryl methyl sites for hydroxylation is 1. The molecule has 0 unspecified atom stereocenters. The zero-order valence-corrected chi connectivity index (χ0v) is 20.1. The Morgan fingerprint density at radius 2 is 1.82 bits per heavy atom. The third kappa shape index (κ3) is 7.58. The highest BCUT2D eigenvalue weighted by molar-refractivity contribution is 6.32. The Morgan fingerprint density at radius 3 is 2.52 bits per heavy atom. The minimum Gasteiger partial charge on any atom is -0.459 e. The molecule has 1 atom stereocenters. The predicted molar refractivity (Wildman–Crippen MR) is 127 cm³/mol. The number of ether oxygens (including phenoxy) is 2. The number of amides is 1. The molecule has 3 aromatic rings. The molecule has 0 aliphatic heterocycles. The van der Waals surface area contributed by atoms with E-state index in [1.54, 1.807) is 39.1 Å². The molecular formula is C24H25Cl2N3O4. The molecule has 0 aliphatic rings. The lowest BCUT2D eigenvalue weighted by Gasteiger charge is -2.23. The van der Waals surface area contributed by atoms with Crippen molar-refractivity contribution >= 4 is 46.2 Å². The number of nitrogens with zero attached hydrogens (tertiary/aromatic N) is 2. The fourth-order valence-electron chi connectivity index (χ4n) is 3.24. The van der Waals surface area contributed by atoms with Crippen molar-refractivity contribution in [3.63, 3.8) is 0 Å². The highest BCUT2D eigenvalue weighted by Crippen LogP contribution is 2.20. The lowest BCUT2D eigenvalue weighted by Crippen LogP contribution is -2.44. The SMILES string of the molecule is CC(C)(C)OC(=O)N[C@@H](CCc1cccc2ncccc12)C(=O)OCc1cc(Cl)nc(Cl)c1. The largest absolute Gasteiger partial charge is 0.459 e. The zero-order chi connectivity index (χ0) is 24.0. The van der Waals surface area contributed by atoms with Gasteiger partial charge in [0.2, 0.25) is 0 Å². The fraction of sp³-hybridized carbons (Fsp3) is 0.333. The molecule has 1 aromatic carbocycles. The van der Waals surface area contributed by atoms with Gasteiger partial charge in [-0.15, -0.1) is 0 Å². The van der Waals surface area contributed by atoms with Crippen LogP contribution in [0.3, 0.4) is 0 Å². The molecule has 7 nitrogen and oxygen atoms in total. The van der Waals surface area contributed by atoms with Crippen LogP contribution in [0.4, 0.5) is 4.79 Å². The fourth-order valence-corrected chi connectivity index (χ4v) is 3.74. The van der Waals surface area contributed by atoms with Gasteiger partial charge in [0.25, 0.3) is 0 Å². The van der Waals surface area contributed by atoms with Gasteiger partial charge in [-0.05, 0) is 69.0 Å². The summed E-state index contributed by atoms with van der Waals surface area (Å²) >= 11 is 11.8. The molecule has 174 valence electrons. The van der Waals surface area contributed by atoms with Gasteiger partial charge in [0.15, 0.2) is 0 Å². The highest BCUT2D eigenvalue weighted by Gasteiger charge is 2.26. The minimum atomic E-state index is -0.917. The van der Waals surface area contributed by atoms with Crippen molar-refractivity contribution in [1.29, 1.82) is 0 Å². The summed E-state index contributed by atoms with van der Waals surface area (Å²) < 4.78 is 10.8. The molecule has 0 saturated carbocycles. The zero-order valence-electron chi connectivity index (χ0n) is 18.6. The molecule has 0 bridgehead atoms. The van der Waals surface area contributed by atoms with Crippen LogP contribution in [0, 0.1) is 0 Å². The molecular weight excluding hydrogens is 465 g/mol. The number of alkyl carbamates (subject to hydrolysis) is 1. The second-order valence-electron chi connectivity index (χ2n) is 8.45. The summed E-state index contributed by atoms with van der Waals surface area (Å²) in [7, 11) is 0. The second-order valence-corrected chi connectivity index (χ2v) is 9.23. The van der Waals surface area contributed by atoms with Crippen molar-refractivity contribution in [2.24, 2.45) is 0 Å². The van der Waals surface area contributed by atoms with Crippen LogP contribution in [0.5, 0.6) is 0 Å². The Morgan fingerprint density at radius 1 is 1.09 bits per heavy atom. The molecule has 1 N–H and O–H groups in total. The second kappa shape index (κ2) is 10.8. The summed E-state index contributed by atoms with van der Waals surface area (Å²) in [5.41, 5.74) is 1.76. The van der Waals surface area contributed by atoms with Crippen LogP contribution in [0.25, 0.3) is 10.9 Å². The first kappa shape index (κ1) is 24.7. The van der Waals surface area contributed by atoms with Crippen molar-refractivity contribution in [2.75, 3.05) is 0 Å². The van der Waals surface area contributed by atoms with E-state index in [0.29, 0.717) is 18.4 Å². The van der Waals surface area contributed by atoms with Gasteiger partial charge in [-0.3, -0.25) is 4.98 Å². The van der Waals surface area contributed by atoms with Gasteiger partial charge < -0.3 is 14.8 Å². The molecule has 33 heavy (non-hydrogen) atoms. The lowest BCUT2D eigenvalue weighted by atomic mass is 10.0. The number of fused-ring (bicyclic) bond motifs is 1. The topological polar surface area (TPSA) is 90.4 Å². The molecule has 0 saturated heterocycles. The van der Waals surface area contributed by atoms with Crippen LogP contribution < -0.4 is 5.32 Å². The van der Waals surface area contributed by atoms with E-state index in [9.17, 15) is 9.59 Å². The highest BCUT2D eigenvalue weighted by atomic mass is 35.5. The average Bonchev–Trinajstić information content (AvgIpc) is 2.73. The first-order valence-electron chi connectivity index (χ1n) is 10.4.